The zero-order chi connectivity index (χ0) is 19.4. The van der Waals surface area contributed by atoms with E-state index in [1.54, 1.807) is 18.2 Å². The van der Waals surface area contributed by atoms with Crippen molar-refractivity contribution in [3.63, 3.8) is 0 Å². The molecule has 1 atom stereocenters. The Bertz CT molecular complexity index is 1000. The van der Waals surface area contributed by atoms with Gasteiger partial charge in [0, 0.05) is 29.1 Å². The second kappa shape index (κ2) is 8.08. The molecule has 5 nitrogen and oxygen atoms in total. The summed E-state index contributed by atoms with van der Waals surface area (Å²) in [4.78, 5) is 23.6. The van der Waals surface area contributed by atoms with Crippen LogP contribution >= 0.6 is 0 Å². The van der Waals surface area contributed by atoms with Crippen LogP contribution in [0.5, 0.6) is 5.75 Å². The molecule has 3 rings (SSSR count). The van der Waals surface area contributed by atoms with Crippen LogP contribution in [-0.2, 0) is 6.61 Å². The van der Waals surface area contributed by atoms with E-state index in [1.807, 2.05) is 45.0 Å². The number of fused-ring (bicyclic) bond motifs is 1. The molecule has 0 radical (unpaired) electrons. The molecule has 27 heavy (non-hydrogen) atoms. The molecule has 0 fully saturated rings. The molecule has 0 spiro atoms. The van der Waals surface area contributed by atoms with Gasteiger partial charge in [-0.3, -0.25) is 4.79 Å². The van der Waals surface area contributed by atoms with E-state index in [2.05, 4.69) is 5.32 Å². The standard InChI is InChI=1S/C22H23NO4/c1-4-15(3)23-22(25)17-7-5-16(6-8-17)13-26-18-9-10-19-14(2)11-21(24)27-20(19)12-18/h5-12,15H,4,13H2,1-3H3,(H,23,25)/t15-/m1/s1. The summed E-state index contributed by atoms with van der Waals surface area (Å²) in [6.45, 7) is 6.24. The van der Waals surface area contributed by atoms with Crippen molar-refractivity contribution in [1.29, 1.82) is 0 Å². The molecule has 140 valence electrons. The van der Waals surface area contributed by atoms with Crippen LogP contribution in [0.15, 0.2) is 57.7 Å². The van der Waals surface area contributed by atoms with Crippen molar-refractivity contribution >= 4 is 16.9 Å². The number of ether oxygens (including phenoxy) is 1. The molecule has 3 aromatic rings. The van der Waals surface area contributed by atoms with Crippen molar-refractivity contribution in [1.82, 2.24) is 5.32 Å². The minimum atomic E-state index is -0.372. The number of amides is 1. The molecule has 1 aromatic heterocycles. The maximum Gasteiger partial charge on any atom is 0.336 e. The highest BCUT2D eigenvalue weighted by Gasteiger charge is 2.09. The molecule has 0 aliphatic carbocycles. The first-order chi connectivity index (χ1) is 13.0. The Balaban J connectivity index is 1.67. The van der Waals surface area contributed by atoms with E-state index < -0.39 is 0 Å². The zero-order valence-electron chi connectivity index (χ0n) is 15.7. The Morgan fingerprint density at radius 2 is 1.89 bits per heavy atom. The largest absolute Gasteiger partial charge is 0.489 e. The Hall–Kier alpha value is -3.08. The van der Waals surface area contributed by atoms with E-state index in [1.165, 1.54) is 6.07 Å². The van der Waals surface area contributed by atoms with Gasteiger partial charge in [0.15, 0.2) is 0 Å². The lowest BCUT2D eigenvalue weighted by molar-refractivity contribution is 0.0939. The van der Waals surface area contributed by atoms with Crippen molar-refractivity contribution in [2.24, 2.45) is 0 Å². The van der Waals surface area contributed by atoms with Gasteiger partial charge in [-0.15, -0.1) is 0 Å². The van der Waals surface area contributed by atoms with Crippen LogP contribution in [0, 0.1) is 6.92 Å². The van der Waals surface area contributed by atoms with Crippen molar-refractivity contribution in [3.8, 4) is 5.75 Å². The second-order valence-electron chi connectivity index (χ2n) is 6.67. The van der Waals surface area contributed by atoms with Crippen molar-refractivity contribution in [2.45, 2.75) is 39.8 Å². The minimum absolute atomic E-state index is 0.0725. The normalized spacial score (nSPS) is 12.0. The Morgan fingerprint density at radius 3 is 2.59 bits per heavy atom. The minimum Gasteiger partial charge on any atom is -0.489 e. The lowest BCUT2D eigenvalue weighted by Crippen LogP contribution is -2.31. The molecule has 0 aliphatic rings. The van der Waals surface area contributed by atoms with E-state index in [0.29, 0.717) is 23.5 Å². The average molecular weight is 365 g/mol. The summed E-state index contributed by atoms with van der Waals surface area (Å²) in [6, 6.07) is 14.4. The van der Waals surface area contributed by atoms with Gasteiger partial charge in [0.1, 0.15) is 17.9 Å². The van der Waals surface area contributed by atoms with Crippen LogP contribution in [0.25, 0.3) is 11.0 Å². The molecule has 1 heterocycles. The van der Waals surface area contributed by atoms with E-state index >= 15 is 0 Å². The number of hydrogen-bond acceptors (Lipinski definition) is 4. The van der Waals surface area contributed by atoms with E-state index in [9.17, 15) is 9.59 Å². The van der Waals surface area contributed by atoms with Crippen molar-refractivity contribution in [2.75, 3.05) is 0 Å². The number of rotatable bonds is 6. The Kier molecular flexibility index (Phi) is 5.60. The number of benzene rings is 2. The maximum absolute atomic E-state index is 12.1. The van der Waals surface area contributed by atoms with Crippen molar-refractivity contribution < 1.29 is 13.9 Å². The quantitative estimate of drug-likeness (QED) is 0.665. The predicted molar refractivity (Wildman–Crippen MR) is 105 cm³/mol. The molecule has 1 N–H and O–H groups in total. The highest BCUT2D eigenvalue weighted by Crippen LogP contribution is 2.23. The summed E-state index contributed by atoms with van der Waals surface area (Å²) in [7, 11) is 0. The molecule has 0 unspecified atom stereocenters. The highest BCUT2D eigenvalue weighted by molar-refractivity contribution is 5.94. The average Bonchev–Trinajstić information content (AvgIpc) is 2.66. The maximum atomic E-state index is 12.1. The SMILES string of the molecule is CC[C@@H](C)NC(=O)c1ccc(COc2ccc3c(C)cc(=O)oc3c2)cc1. The third-order valence-electron chi connectivity index (χ3n) is 4.53. The summed E-state index contributed by atoms with van der Waals surface area (Å²) in [5, 5.41) is 3.83. The van der Waals surface area contributed by atoms with E-state index in [4.69, 9.17) is 9.15 Å². The lowest BCUT2D eigenvalue weighted by Gasteiger charge is -2.12. The van der Waals surface area contributed by atoms with Crippen LogP contribution in [0.2, 0.25) is 0 Å². The number of nitrogens with one attached hydrogen (secondary N) is 1. The lowest BCUT2D eigenvalue weighted by atomic mass is 10.1. The monoisotopic (exact) mass is 365 g/mol. The first kappa shape index (κ1) is 18.7. The van der Waals surface area contributed by atoms with Gasteiger partial charge in [-0.2, -0.15) is 0 Å². The van der Waals surface area contributed by atoms with Crippen molar-refractivity contribution in [3.05, 3.63) is 75.6 Å². The number of carbonyl (C=O) groups excluding carboxylic acids is 1. The molecule has 0 aliphatic heterocycles. The third-order valence-corrected chi connectivity index (χ3v) is 4.53. The fraction of sp³-hybridized carbons (Fsp3) is 0.273. The third kappa shape index (κ3) is 4.56. The van der Waals surface area contributed by atoms with Gasteiger partial charge in [0.25, 0.3) is 5.91 Å². The number of aryl methyl sites for hydroxylation is 1. The molecule has 0 saturated carbocycles. The number of hydrogen-bond donors (Lipinski definition) is 1. The molecule has 0 bridgehead atoms. The summed E-state index contributed by atoms with van der Waals surface area (Å²) in [5.41, 5.74) is 2.58. The van der Waals surface area contributed by atoms with Gasteiger partial charge in [0.2, 0.25) is 0 Å². The molecule has 0 saturated heterocycles. The van der Waals surface area contributed by atoms with Crippen LogP contribution in [0.1, 0.15) is 41.8 Å². The van der Waals surface area contributed by atoms with Gasteiger partial charge >= 0.3 is 5.63 Å². The topological polar surface area (TPSA) is 68.5 Å². The predicted octanol–water partition coefficient (Wildman–Crippen LogP) is 4.21. The van der Waals surface area contributed by atoms with E-state index in [-0.39, 0.29) is 17.6 Å². The highest BCUT2D eigenvalue weighted by atomic mass is 16.5. The number of carbonyl (C=O) groups is 1. The van der Waals surface area contributed by atoms with Crippen LogP contribution in [0.3, 0.4) is 0 Å². The van der Waals surface area contributed by atoms with Crippen LogP contribution in [-0.4, -0.2) is 11.9 Å². The van der Waals surface area contributed by atoms with Gasteiger partial charge in [-0.25, -0.2) is 4.79 Å². The molecule has 2 aromatic carbocycles. The fourth-order valence-electron chi connectivity index (χ4n) is 2.72. The van der Waals surface area contributed by atoms with Gasteiger partial charge in [0.05, 0.1) is 0 Å². The van der Waals surface area contributed by atoms with Gasteiger partial charge in [-0.05, 0) is 55.7 Å². The van der Waals surface area contributed by atoms with E-state index in [0.717, 1.165) is 22.9 Å². The first-order valence-corrected chi connectivity index (χ1v) is 9.03. The molecular formula is C22H23NO4. The fourth-order valence-corrected chi connectivity index (χ4v) is 2.72. The Labute approximate surface area is 158 Å². The van der Waals surface area contributed by atoms with Gasteiger partial charge in [-0.1, -0.05) is 19.1 Å². The molecule has 1 amide bonds. The molecular weight excluding hydrogens is 342 g/mol. The zero-order valence-corrected chi connectivity index (χ0v) is 15.7. The first-order valence-electron chi connectivity index (χ1n) is 9.03. The summed E-state index contributed by atoms with van der Waals surface area (Å²) < 4.78 is 11.0. The Morgan fingerprint density at radius 1 is 1.15 bits per heavy atom. The van der Waals surface area contributed by atoms with Gasteiger partial charge < -0.3 is 14.5 Å². The van der Waals surface area contributed by atoms with Crippen LogP contribution < -0.4 is 15.7 Å². The molecule has 5 heteroatoms. The summed E-state index contributed by atoms with van der Waals surface area (Å²) in [6.07, 6.45) is 0.892. The summed E-state index contributed by atoms with van der Waals surface area (Å²) in [5.74, 6) is 0.548. The summed E-state index contributed by atoms with van der Waals surface area (Å²) >= 11 is 0. The smallest absolute Gasteiger partial charge is 0.336 e. The second-order valence-corrected chi connectivity index (χ2v) is 6.67. The van der Waals surface area contributed by atoms with Crippen LogP contribution in [0.4, 0.5) is 0 Å².